The van der Waals surface area contributed by atoms with Crippen LogP contribution in [0.4, 0.5) is 10.1 Å². The van der Waals surface area contributed by atoms with E-state index in [4.69, 9.17) is 5.73 Å². The predicted octanol–water partition coefficient (Wildman–Crippen LogP) is 3.23. The first kappa shape index (κ1) is 17.4. The van der Waals surface area contributed by atoms with Gasteiger partial charge in [0.25, 0.3) is 0 Å². The number of hydrogen-bond acceptors (Lipinski definition) is 3. The Balaban J connectivity index is 3.23. The molecule has 1 aromatic carbocycles. The molecule has 2 N–H and O–H groups in total. The lowest BCUT2D eigenvalue weighted by molar-refractivity contribution is 0.336. The van der Waals surface area contributed by atoms with E-state index in [0.29, 0.717) is 12.3 Å². The fourth-order valence-corrected chi connectivity index (χ4v) is 4.09. The van der Waals surface area contributed by atoms with Gasteiger partial charge in [0, 0.05) is 18.8 Å². The van der Waals surface area contributed by atoms with Gasteiger partial charge in [0.15, 0.2) is 5.82 Å². The molecule has 0 bridgehead atoms. The summed E-state index contributed by atoms with van der Waals surface area (Å²) in [4.78, 5) is -0.400. The van der Waals surface area contributed by atoms with Crippen molar-refractivity contribution in [1.29, 1.82) is 0 Å². The first-order chi connectivity index (χ1) is 9.07. The van der Waals surface area contributed by atoms with Crippen LogP contribution >= 0.6 is 15.9 Å². The zero-order chi connectivity index (χ0) is 15.7. The Bertz CT molecular complexity index is 590. The number of nitrogen functional groups attached to an aromatic ring is 1. The van der Waals surface area contributed by atoms with Crippen molar-refractivity contribution in [3.8, 4) is 0 Å². The topological polar surface area (TPSA) is 63.4 Å². The van der Waals surface area contributed by atoms with Crippen molar-refractivity contribution in [2.75, 3.05) is 12.8 Å². The normalized spacial score (nSPS) is 14.0. The Morgan fingerprint density at radius 1 is 1.35 bits per heavy atom. The average molecular weight is 367 g/mol. The Morgan fingerprint density at radius 3 is 2.40 bits per heavy atom. The fraction of sp³-hybridized carbons (Fsp3) is 0.538. The molecule has 0 aliphatic carbocycles. The SMILES string of the molecule is CC(C)CC(C)N(C)S(=O)(=O)c1cc(N)cc(Br)c1F. The summed E-state index contributed by atoms with van der Waals surface area (Å²) >= 11 is 2.98. The molecule has 0 saturated heterocycles. The number of nitrogens with zero attached hydrogens (tertiary/aromatic N) is 1. The van der Waals surface area contributed by atoms with Crippen LogP contribution in [-0.4, -0.2) is 25.8 Å². The molecule has 0 fully saturated rings. The van der Waals surface area contributed by atoms with Crippen LogP contribution in [0.2, 0.25) is 0 Å². The minimum atomic E-state index is -3.91. The Hall–Kier alpha value is -0.660. The molecule has 20 heavy (non-hydrogen) atoms. The van der Waals surface area contributed by atoms with Gasteiger partial charge in [-0.2, -0.15) is 4.31 Å². The fourth-order valence-electron chi connectivity index (χ4n) is 1.99. The lowest BCUT2D eigenvalue weighted by atomic mass is 10.1. The molecule has 1 rings (SSSR count). The van der Waals surface area contributed by atoms with Gasteiger partial charge < -0.3 is 5.73 Å². The summed E-state index contributed by atoms with van der Waals surface area (Å²) in [7, 11) is -2.45. The van der Waals surface area contributed by atoms with Crippen LogP contribution in [0.25, 0.3) is 0 Å². The van der Waals surface area contributed by atoms with Gasteiger partial charge in [0.2, 0.25) is 10.0 Å². The average Bonchev–Trinajstić information content (AvgIpc) is 2.31. The third-order valence-electron chi connectivity index (χ3n) is 3.11. The summed E-state index contributed by atoms with van der Waals surface area (Å²) in [6, 6.07) is 2.26. The van der Waals surface area contributed by atoms with Gasteiger partial charge in [-0.15, -0.1) is 0 Å². The summed E-state index contributed by atoms with van der Waals surface area (Å²) in [5.41, 5.74) is 5.80. The van der Waals surface area contributed by atoms with E-state index < -0.39 is 20.7 Å². The molecule has 1 aromatic rings. The highest BCUT2D eigenvalue weighted by atomic mass is 79.9. The summed E-state index contributed by atoms with van der Waals surface area (Å²) in [5.74, 6) is -0.470. The molecule has 1 atom stereocenters. The lowest BCUT2D eigenvalue weighted by Crippen LogP contribution is -2.36. The molecule has 0 aromatic heterocycles. The molecule has 0 amide bonds. The van der Waals surface area contributed by atoms with Gasteiger partial charge in [-0.3, -0.25) is 0 Å². The molecule has 0 heterocycles. The molecule has 1 unspecified atom stereocenters. The van der Waals surface area contributed by atoms with E-state index in [1.165, 1.54) is 17.4 Å². The van der Waals surface area contributed by atoms with Gasteiger partial charge in [-0.25, -0.2) is 12.8 Å². The van der Waals surface area contributed by atoms with E-state index in [-0.39, 0.29) is 16.2 Å². The zero-order valence-electron chi connectivity index (χ0n) is 12.0. The molecule has 0 saturated carbocycles. The molecule has 4 nitrogen and oxygen atoms in total. The van der Waals surface area contributed by atoms with Crippen LogP contribution in [-0.2, 0) is 10.0 Å². The lowest BCUT2D eigenvalue weighted by Gasteiger charge is -2.26. The number of anilines is 1. The minimum Gasteiger partial charge on any atom is -0.399 e. The standard InChI is InChI=1S/C13H20BrFN2O2S/c1-8(2)5-9(3)17(4)20(18,19)12-7-10(16)6-11(14)13(12)15/h6-9H,5,16H2,1-4H3. The maximum Gasteiger partial charge on any atom is 0.246 e. The maximum absolute atomic E-state index is 14.1. The summed E-state index contributed by atoms with van der Waals surface area (Å²) < 4.78 is 40.3. The van der Waals surface area contributed by atoms with Crippen molar-refractivity contribution in [1.82, 2.24) is 4.31 Å². The summed E-state index contributed by atoms with van der Waals surface area (Å²) in [6.45, 7) is 5.82. The van der Waals surface area contributed by atoms with E-state index in [1.807, 2.05) is 13.8 Å². The molecule has 0 spiro atoms. The Labute approximate surface area is 128 Å². The van der Waals surface area contributed by atoms with E-state index in [0.717, 1.165) is 6.07 Å². The van der Waals surface area contributed by atoms with E-state index in [2.05, 4.69) is 15.9 Å². The van der Waals surface area contributed by atoms with Gasteiger partial charge >= 0.3 is 0 Å². The van der Waals surface area contributed by atoms with Crippen LogP contribution in [0.15, 0.2) is 21.5 Å². The minimum absolute atomic E-state index is 0.0426. The highest BCUT2D eigenvalue weighted by Gasteiger charge is 2.29. The van der Waals surface area contributed by atoms with Gasteiger partial charge in [0.05, 0.1) is 4.47 Å². The highest BCUT2D eigenvalue weighted by Crippen LogP contribution is 2.29. The van der Waals surface area contributed by atoms with E-state index in [9.17, 15) is 12.8 Å². The van der Waals surface area contributed by atoms with Crippen LogP contribution in [0, 0.1) is 11.7 Å². The second-order valence-corrected chi connectivity index (χ2v) is 8.13. The summed E-state index contributed by atoms with van der Waals surface area (Å²) in [5, 5.41) is 0. The van der Waals surface area contributed by atoms with E-state index >= 15 is 0 Å². The Morgan fingerprint density at radius 2 is 1.90 bits per heavy atom. The number of halogens is 2. The number of nitrogens with two attached hydrogens (primary N) is 1. The van der Waals surface area contributed by atoms with Crippen LogP contribution in [0.3, 0.4) is 0 Å². The number of sulfonamides is 1. The summed E-state index contributed by atoms with van der Waals surface area (Å²) in [6.07, 6.45) is 0.695. The second kappa shape index (κ2) is 6.41. The highest BCUT2D eigenvalue weighted by molar-refractivity contribution is 9.10. The molecule has 0 aliphatic rings. The number of rotatable bonds is 5. The number of hydrogen-bond donors (Lipinski definition) is 1. The quantitative estimate of drug-likeness (QED) is 0.813. The maximum atomic E-state index is 14.1. The van der Waals surface area contributed by atoms with Crippen molar-refractivity contribution in [3.05, 3.63) is 22.4 Å². The smallest absolute Gasteiger partial charge is 0.246 e. The van der Waals surface area contributed by atoms with E-state index in [1.54, 1.807) is 6.92 Å². The second-order valence-electron chi connectivity index (χ2n) is 5.31. The Kier molecular flexibility index (Phi) is 5.57. The van der Waals surface area contributed by atoms with Gasteiger partial charge in [-0.05, 0) is 47.3 Å². The molecule has 7 heteroatoms. The molecular weight excluding hydrogens is 347 g/mol. The third kappa shape index (κ3) is 3.71. The van der Waals surface area contributed by atoms with Gasteiger partial charge in [0.1, 0.15) is 4.90 Å². The van der Waals surface area contributed by atoms with Crippen molar-refractivity contribution in [2.45, 2.75) is 38.1 Å². The molecule has 0 aliphatic heterocycles. The predicted molar refractivity (Wildman–Crippen MR) is 82.4 cm³/mol. The third-order valence-corrected chi connectivity index (χ3v) is 5.66. The van der Waals surface area contributed by atoms with Crippen LogP contribution < -0.4 is 5.73 Å². The van der Waals surface area contributed by atoms with Crippen molar-refractivity contribution in [3.63, 3.8) is 0 Å². The first-order valence-electron chi connectivity index (χ1n) is 6.30. The largest absolute Gasteiger partial charge is 0.399 e. The van der Waals surface area contributed by atoms with Crippen molar-refractivity contribution >= 4 is 31.6 Å². The molecular formula is C13H20BrFN2O2S. The monoisotopic (exact) mass is 366 g/mol. The van der Waals surface area contributed by atoms with Crippen molar-refractivity contribution in [2.24, 2.45) is 5.92 Å². The molecule has 0 radical (unpaired) electrons. The van der Waals surface area contributed by atoms with Gasteiger partial charge in [-0.1, -0.05) is 13.8 Å². The van der Waals surface area contributed by atoms with Crippen LogP contribution in [0.5, 0.6) is 0 Å². The van der Waals surface area contributed by atoms with Crippen molar-refractivity contribution < 1.29 is 12.8 Å². The molecule has 114 valence electrons. The first-order valence-corrected chi connectivity index (χ1v) is 8.53. The van der Waals surface area contributed by atoms with Crippen LogP contribution in [0.1, 0.15) is 27.2 Å². The number of benzene rings is 1. The zero-order valence-corrected chi connectivity index (χ0v) is 14.4.